The van der Waals surface area contributed by atoms with Crippen LogP contribution in [0, 0.1) is 12.0 Å². The summed E-state index contributed by atoms with van der Waals surface area (Å²) < 4.78 is 4.97. The molecule has 0 heterocycles. The maximum atomic E-state index is 11.4. The van der Waals surface area contributed by atoms with Gasteiger partial charge in [-0.25, -0.2) is 0 Å². The standard InChI is InChI=1S/C12H13O2/c1-2-14-12(13)11-8-10(11)9-6-4-3-5-7-9/h3-4,6-7,10-11H,2,8H2,1H3. The highest BCUT2D eigenvalue weighted by Crippen LogP contribution is 2.47. The highest BCUT2D eigenvalue weighted by atomic mass is 16.5. The molecule has 1 saturated carbocycles. The molecule has 0 N–H and O–H groups in total. The molecular formula is C12H13O2. The lowest BCUT2D eigenvalue weighted by Crippen LogP contribution is -2.07. The zero-order chi connectivity index (χ0) is 9.97. The molecule has 0 spiro atoms. The molecule has 1 aliphatic carbocycles. The largest absolute Gasteiger partial charge is 0.466 e. The molecule has 0 aromatic heterocycles. The number of esters is 1. The third-order valence-electron chi connectivity index (χ3n) is 2.54. The van der Waals surface area contributed by atoms with Crippen molar-refractivity contribution in [2.45, 2.75) is 19.3 Å². The van der Waals surface area contributed by atoms with E-state index >= 15 is 0 Å². The Labute approximate surface area is 83.9 Å². The minimum Gasteiger partial charge on any atom is -0.466 e. The second-order valence-corrected chi connectivity index (χ2v) is 3.54. The van der Waals surface area contributed by atoms with E-state index in [-0.39, 0.29) is 11.9 Å². The highest BCUT2D eigenvalue weighted by molar-refractivity contribution is 5.77. The van der Waals surface area contributed by atoms with Crippen LogP contribution in [0.25, 0.3) is 0 Å². The average Bonchev–Trinajstić information content (AvgIpc) is 2.99. The normalized spacial score (nSPS) is 24.4. The molecule has 0 bridgehead atoms. The molecule has 1 fully saturated rings. The zero-order valence-electron chi connectivity index (χ0n) is 8.19. The Balaban J connectivity index is 1.96. The van der Waals surface area contributed by atoms with E-state index < -0.39 is 0 Å². The highest BCUT2D eigenvalue weighted by Gasteiger charge is 2.44. The van der Waals surface area contributed by atoms with Gasteiger partial charge in [-0.05, 0) is 30.9 Å². The van der Waals surface area contributed by atoms with Gasteiger partial charge in [0.1, 0.15) is 0 Å². The number of hydrogen-bond acceptors (Lipinski definition) is 2. The Kier molecular flexibility index (Phi) is 2.53. The van der Waals surface area contributed by atoms with Crippen LogP contribution in [-0.2, 0) is 9.53 Å². The van der Waals surface area contributed by atoms with Crippen molar-refractivity contribution < 1.29 is 9.53 Å². The quantitative estimate of drug-likeness (QED) is 0.681. The zero-order valence-corrected chi connectivity index (χ0v) is 8.19. The summed E-state index contributed by atoms with van der Waals surface area (Å²) in [6.45, 7) is 2.31. The molecule has 1 aliphatic rings. The Bertz CT molecular complexity index is 318. The molecule has 0 amide bonds. The summed E-state index contributed by atoms with van der Waals surface area (Å²) in [4.78, 5) is 11.4. The third kappa shape index (κ3) is 1.79. The van der Waals surface area contributed by atoms with E-state index in [1.807, 2.05) is 31.2 Å². The monoisotopic (exact) mass is 189 g/mol. The molecule has 73 valence electrons. The van der Waals surface area contributed by atoms with Crippen molar-refractivity contribution >= 4 is 5.97 Å². The molecule has 0 saturated heterocycles. The van der Waals surface area contributed by atoms with Crippen molar-refractivity contribution in [2.24, 2.45) is 5.92 Å². The van der Waals surface area contributed by atoms with Gasteiger partial charge in [-0.2, -0.15) is 0 Å². The van der Waals surface area contributed by atoms with E-state index in [2.05, 4.69) is 6.07 Å². The minimum atomic E-state index is -0.0543. The summed E-state index contributed by atoms with van der Waals surface area (Å²) in [5.74, 6) is 0.401. The number of rotatable bonds is 3. The minimum absolute atomic E-state index is 0.0543. The summed E-state index contributed by atoms with van der Waals surface area (Å²) in [5.41, 5.74) is 1.20. The summed E-state index contributed by atoms with van der Waals surface area (Å²) in [6.07, 6.45) is 0.927. The number of carbonyl (C=O) groups is 1. The fourth-order valence-electron chi connectivity index (χ4n) is 1.71. The van der Waals surface area contributed by atoms with Gasteiger partial charge in [-0.15, -0.1) is 0 Å². The van der Waals surface area contributed by atoms with Gasteiger partial charge in [0, 0.05) is 0 Å². The first kappa shape index (κ1) is 9.25. The smallest absolute Gasteiger partial charge is 0.309 e. The molecule has 1 aromatic carbocycles. The van der Waals surface area contributed by atoms with Crippen molar-refractivity contribution in [1.82, 2.24) is 0 Å². The van der Waals surface area contributed by atoms with E-state index in [0.717, 1.165) is 6.42 Å². The second kappa shape index (κ2) is 3.82. The second-order valence-electron chi connectivity index (χ2n) is 3.54. The lowest BCUT2D eigenvalue weighted by atomic mass is 10.1. The van der Waals surface area contributed by atoms with Crippen LogP contribution in [0.2, 0.25) is 0 Å². The van der Waals surface area contributed by atoms with Gasteiger partial charge in [0.2, 0.25) is 0 Å². The molecule has 2 nitrogen and oxygen atoms in total. The van der Waals surface area contributed by atoms with Crippen LogP contribution in [0.15, 0.2) is 24.3 Å². The first-order valence-corrected chi connectivity index (χ1v) is 4.95. The van der Waals surface area contributed by atoms with Crippen LogP contribution in [0.3, 0.4) is 0 Å². The van der Waals surface area contributed by atoms with Crippen molar-refractivity contribution in [1.29, 1.82) is 0 Å². The fraction of sp³-hybridized carbons (Fsp3) is 0.417. The number of hydrogen-bond donors (Lipinski definition) is 0. The molecule has 2 rings (SSSR count). The van der Waals surface area contributed by atoms with Gasteiger partial charge in [0.15, 0.2) is 0 Å². The van der Waals surface area contributed by atoms with Gasteiger partial charge in [-0.3, -0.25) is 4.79 Å². The van der Waals surface area contributed by atoms with E-state index in [0.29, 0.717) is 12.5 Å². The molecule has 0 aliphatic heterocycles. The SMILES string of the molecule is CCOC(=O)C1CC1c1c[c]ccc1. The topological polar surface area (TPSA) is 26.3 Å². The first-order valence-electron chi connectivity index (χ1n) is 4.95. The molecule has 2 unspecified atom stereocenters. The number of ether oxygens (including phenoxy) is 1. The molecule has 1 aromatic rings. The third-order valence-corrected chi connectivity index (χ3v) is 2.54. The Morgan fingerprint density at radius 3 is 3.21 bits per heavy atom. The molecule has 2 atom stereocenters. The van der Waals surface area contributed by atoms with Crippen molar-refractivity contribution in [2.75, 3.05) is 6.61 Å². The predicted octanol–water partition coefficient (Wildman–Crippen LogP) is 2.15. The van der Waals surface area contributed by atoms with Crippen LogP contribution >= 0.6 is 0 Å². The molecular weight excluding hydrogens is 176 g/mol. The maximum absolute atomic E-state index is 11.4. The Morgan fingerprint density at radius 1 is 1.71 bits per heavy atom. The van der Waals surface area contributed by atoms with Crippen LogP contribution in [0.4, 0.5) is 0 Å². The fourth-order valence-corrected chi connectivity index (χ4v) is 1.71. The van der Waals surface area contributed by atoms with Crippen molar-refractivity contribution in [3.05, 3.63) is 35.9 Å². The summed E-state index contributed by atoms with van der Waals surface area (Å²) >= 11 is 0. The van der Waals surface area contributed by atoms with Gasteiger partial charge in [0.05, 0.1) is 12.5 Å². The van der Waals surface area contributed by atoms with E-state index in [1.165, 1.54) is 5.56 Å². The maximum Gasteiger partial charge on any atom is 0.309 e. The lowest BCUT2D eigenvalue weighted by molar-refractivity contribution is -0.144. The van der Waals surface area contributed by atoms with Crippen LogP contribution in [-0.4, -0.2) is 12.6 Å². The van der Waals surface area contributed by atoms with E-state index in [9.17, 15) is 4.79 Å². The van der Waals surface area contributed by atoms with Gasteiger partial charge < -0.3 is 4.74 Å². The Hall–Kier alpha value is -1.31. The van der Waals surface area contributed by atoms with Crippen molar-refractivity contribution in [3.8, 4) is 0 Å². The van der Waals surface area contributed by atoms with Crippen LogP contribution in [0.5, 0.6) is 0 Å². The van der Waals surface area contributed by atoms with Gasteiger partial charge in [-0.1, -0.05) is 24.3 Å². The molecule has 14 heavy (non-hydrogen) atoms. The average molecular weight is 189 g/mol. The summed E-state index contributed by atoms with van der Waals surface area (Å²) in [6, 6.07) is 10.8. The molecule has 1 radical (unpaired) electrons. The van der Waals surface area contributed by atoms with Crippen LogP contribution < -0.4 is 0 Å². The van der Waals surface area contributed by atoms with Crippen molar-refractivity contribution in [3.63, 3.8) is 0 Å². The molecule has 2 heteroatoms. The first-order chi connectivity index (χ1) is 6.83. The summed E-state index contributed by atoms with van der Waals surface area (Å²) in [5, 5.41) is 0. The summed E-state index contributed by atoms with van der Waals surface area (Å²) in [7, 11) is 0. The van der Waals surface area contributed by atoms with Gasteiger partial charge in [0.25, 0.3) is 0 Å². The van der Waals surface area contributed by atoms with Gasteiger partial charge >= 0.3 is 5.97 Å². The van der Waals surface area contributed by atoms with E-state index in [1.54, 1.807) is 0 Å². The Morgan fingerprint density at radius 2 is 2.57 bits per heavy atom. The van der Waals surface area contributed by atoms with Crippen LogP contribution in [0.1, 0.15) is 24.8 Å². The number of carbonyl (C=O) groups excluding carboxylic acids is 1. The lowest BCUT2D eigenvalue weighted by Gasteiger charge is -2.00. The predicted molar refractivity (Wildman–Crippen MR) is 52.8 cm³/mol. The van der Waals surface area contributed by atoms with E-state index in [4.69, 9.17) is 4.74 Å². The number of benzene rings is 1.